The molecule has 1 atom stereocenters. The molecule has 0 radical (unpaired) electrons. The number of anilines is 1. The molecule has 106 valence electrons. The van der Waals surface area contributed by atoms with Crippen LogP contribution in [0, 0.1) is 6.92 Å². The lowest BCUT2D eigenvalue weighted by Crippen LogP contribution is -2.20. The summed E-state index contributed by atoms with van der Waals surface area (Å²) >= 11 is 3.56. The van der Waals surface area contributed by atoms with Crippen molar-refractivity contribution in [1.82, 2.24) is 0 Å². The lowest BCUT2D eigenvalue weighted by molar-refractivity contribution is 0.415. The first-order chi connectivity index (χ1) is 9.63. The van der Waals surface area contributed by atoms with E-state index < -0.39 is 0 Å². The fraction of sp³-hybridized carbons (Fsp3) is 0.250. The molecule has 0 saturated carbocycles. The largest absolute Gasteiger partial charge is 0.497 e. The monoisotopic (exact) mass is 334 g/mol. The lowest BCUT2D eigenvalue weighted by atomic mass is 10.0. The molecule has 1 unspecified atom stereocenters. The predicted octanol–water partition coefficient (Wildman–Crippen LogP) is 3.88. The van der Waals surface area contributed by atoms with E-state index in [1.54, 1.807) is 7.11 Å². The van der Waals surface area contributed by atoms with Gasteiger partial charge in [-0.25, -0.2) is 0 Å². The molecule has 3 nitrogen and oxygen atoms in total. The van der Waals surface area contributed by atoms with Gasteiger partial charge < -0.3 is 15.8 Å². The summed E-state index contributed by atoms with van der Waals surface area (Å²) in [5.41, 5.74) is 9.30. The SMILES string of the molecule is COc1ccc(NC(CN)c2ccc(C)c(Br)c2)cc1. The second-order valence-corrected chi connectivity index (χ2v) is 5.52. The predicted molar refractivity (Wildman–Crippen MR) is 87.3 cm³/mol. The molecular weight excluding hydrogens is 316 g/mol. The van der Waals surface area contributed by atoms with Gasteiger partial charge in [0.05, 0.1) is 13.2 Å². The fourth-order valence-corrected chi connectivity index (χ4v) is 2.39. The zero-order valence-electron chi connectivity index (χ0n) is 11.7. The van der Waals surface area contributed by atoms with E-state index >= 15 is 0 Å². The maximum absolute atomic E-state index is 5.89. The molecule has 0 amide bonds. The molecule has 2 aromatic rings. The normalized spacial score (nSPS) is 12.0. The average Bonchev–Trinajstić information content (AvgIpc) is 2.48. The van der Waals surface area contributed by atoms with Crippen molar-refractivity contribution in [2.24, 2.45) is 5.73 Å². The van der Waals surface area contributed by atoms with E-state index in [0.717, 1.165) is 15.9 Å². The molecule has 0 aliphatic rings. The number of rotatable bonds is 5. The summed E-state index contributed by atoms with van der Waals surface area (Å²) in [5, 5.41) is 3.44. The van der Waals surface area contributed by atoms with Gasteiger partial charge in [0.1, 0.15) is 5.75 Å². The van der Waals surface area contributed by atoms with Gasteiger partial charge >= 0.3 is 0 Å². The van der Waals surface area contributed by atoms with Crippen molar-refractivity contribution < 1.29 is 4.74 Å². The van der Waals surface area contributed by atoms with E-state index in [9.17, 15) is 0 Å². The maximum atomic E-state index is 5.89. The first-order valence-corrected chi connectivity index (χ1v) is 7.30. The van der Waals surface area contributed by atoms with E-state index in [2.05, 4.69) is 46.4 Å². The molecule has 0 aromatic heterocycles. The first kappa shape index (κ1) is 14.9. The van der Waals surface area contributed by atoms with Gasteiger partial charge in [0.15, 0.2) is 0 Å². The summed E-state index contributed by atoms with van der Waals surface area (Å²) in [6.07, 6.45) is 0. The summed E-state index contributed by atoms with van der Waals surface area (Å²) < 4.78 is 6.26. The lowest BCUT2D eigenvalue weighted by Gasteiger charge is -2.19. The summed E-state index contributed by atoms with van der Waals surface area (Å²) in [7, 11) is 1.66. The van der Waals surface area contributed by atoms with Crippen LogP contribution in [0.3, 0.4) is 0 Å². The second kappa shape index (κ2) is 6.77. The van der Waals surface area contributed by atoms with Crippen molar-refractivity contribution in [3.8, 4) is 5.75 Å². The zero-order chi connectivity index (χ0) is 14.5. The maximum Gasteiger partial charge on any atom is 0.119 e. The standard InChI is InChI=1S/C16H19BrN2O/c1-11-3-4-12(9-15(11)17)16(10-18)19-13-5-7-14(20-2)8-6-13/h3-9,16,19H,10,18H2,1-2H3. The summed E-state index contributed by atoms with van der Waals surface area (Å²) in [6.45, 7) is 2.60. The molecule has 0 aliphatic heterocycles. The van der Waals surface area contributed by atoms with Gasteiger partial charge in [-0.05, 0) is 48.4 Å². The van der Waals surface area contributed by atoms with Gasteiger partial charge in [0.25, 0.3) is 0 Å². The third kappa shape index (κ3) is 3.52. The molecule has 2 rings (SSSR count). The number of hydrogen-bond acceptors (Lipinski definition) is 3. The number of halogens is 1. The van der Waals surface area contributed by atoms with Crippen LogP contribution in [0.2, 0.25) is 0 Å². The van der Waals surface area contributed by atoms with E-state index in [1.807, 2.05) is 24.3 Å². The van der Waals surface area contributed by atoms with Crippen LogP contribution < -0.4 is 15.8 Å². The van der Waals surface area contributed by atoms with Crippen LogP contribution in [0.25, 0.3) is 0 Å². The average molecular weight is 335 g/mol. The quantitative estimate of drug-likeness (QED) is 0.872. The van der Waals surface area contributed by atoms with Crippen molar-refractivity contribution in [1.29, 1.82) is 0 Å². The van der Waals surface area contributed by atoms with Crippen LogP contribution >= 0.6 is 15.9 Å². The van der Waals surface area contributed by atoms with Gasteiger partial charge in [0.2, 0.25) is 0 Å². The van der Waals surface area contributed by atoms with Crippen LogP contribution in [0.15, 0.2) is 46.9 Å². The van der Waals surface area contributed by atoms with E-state index in [4.69, 9.17) is 10.5 Å². The number of benzene rings is 2. The van der Waals surface area contributed by atoms with Gasteiger partial charge in [-0.1, -0.05) is 28.1 Å². The van der Waals surface area contributed by atoms with Crippen molar-refractivity contribution in [2.75, 3.05) is 19.0 Å². The topological polar surface area (TPSA) is 47.3 Å². The van der Waals surface area contributed by atoms with Gasteiger partial charge in [-0.3, -0.25) is 0 Å². The van der Waals surface area contributed by atoms with Crippen LogP contribution in [-0.2, 0) is 0 Å². The summed E-state index contributed by atoms with van der Waals surface area (Å²) in [4.78, 5) is 0. The Labute approximate surface area is 128 Å². The van der Waals surface area contributed by atoms with Crippen molar-refractivity contribution in [2.45, 2.75) is 13.0 Å². The molecule has 0 aliphatic carbocycles. The molecule has 0 bridgehead atoms. The van der Waals surface area contributed by atoms with E-state index in [-0.39, 0.29) is 6.04 Å². The molecular formula is C16H19BrN2O. The highest BCUT2D eigenvalue weighted by Gasteiger charge is 2.10. The Kier molecular flexibility index (Phi) is 5.04. The number of aryl methyl sites for hydroxylation is 1. The van der Waals surface area contributed by atoms with Crippen molar-refractivity contribution in [3.05, 3.63) is 58.1 Å². The Hall–Kier alpha value is -1.52. The van der Waals surface area contributed by atoms with Gasteiger partial charge in [-0.2, -0.15) is 0 Å². The molecule has 0 spiro atoms. The molecule has 2 aromatic carbocycles. The first-order valence-electron chi connectivity index (χ1n) is 6.50. The number of nitrogens with one attached hydrogen (secondary N) is 1. The Morgan fingerprint density at radius 3 is 2.45 bits per heavy atom. The van der Waals surface area contributed by atoms with Crippen molar-refractivity contribution in [3.63, 3.8) is 0 Å². The molecule has 4 heteroatoms. The third-order valence-corrected chi connectivity index (χ3v) is 4.12. The molecule has 3 N–H and O–H groups in total. The van der Waals surface area contributed by atoms with Crippen LogP contribution in [0.5, 0.6) is 5.75 Å². The highest BCUT2D eigenvalue weighted by molar-refractivity contribution is 9.10. The molecule has 0 saturated heterocycles. The fourth-order valence-electron chi connectivity index (χ4n) is 1.99. The number of nitrogens with two attached hydrogens (primary N) is 1. The highest BCUT2D eigenvalue weighted by Crippen LogP contribution is 2.25. The minimum atomic E-state index is 0.0836. The Bertz CT molecular complexity index is 569. The number of ether oxygens (including phenoxy) is 1. The second-order valence-electron chi connectivity index (χ2n) is 4.67. The molecule has 20 heavy (non-hydrogen) atoms. The zero-order valence-corrected chi connectivity index (χ0v) is 13.3. The Balaban J connectivity index is 2.16. The van der Waals surface area contributed by atoms with E-state index in [1.165, 1.54) is 11.1 Å². The van der Waals surface area contributed by atoms with Gasteiger partial charge in [-0.15, -0.1) is 0 Å². The number of hydrogen-bond donors (Lipinski definition) is 2. The van der Waals surface area contributed by atoms with Crippen molar-refractivity contribution >= 4 is 21.6 Å². The Morgan fingerprint density at radius 1 is 1.20 bits per heavy atom. The van der Waals surface area contributed by atoms with Crippen LogP contribution in [0.4, 0.5) is 5.69 Å². The third-order valence-electron chi connectivity index (χ3n) is 3.26. The summed E-state index contributed by atoms with van der Waals surface area (Å²) in [6, 6.07) is 14.2. The molecule has 0 fully saturated rings. The minimum absolute atomic E-state index is 0.0836. The smallest absolute Gasteiger partial charge is 0.119 e. The van der Waals surface area contributed by atoms with E-state index in [0.29, 0.717) is 6.54 Å². The minimum Gasteiger partial charge on any atom is -0.497 e. The van der Waals surface area contributed by atoms with Crippen LogP contribution in [-0.4, -0.2) is 13.7 Å². The van der Waals surface area contributed by atoms with Gasteiger partial charge in [0, 0.05) is 16.7 Å². The molecule has 0 heterocycles. The van der Waals surface area contributed by atoms with Crippen LogP contribution in [0.1, 0.15) is 17.2 Å². The number of methoxy groups -OCH3 is 1. The Morgan fingerprint density at radius 2 is 1.90 bits per heavy atom. The summed E-state index contributed by atoms with van der Waals surface area (Å²) in [5.74, 6) is 0.845. The highest BCUT2D eigenvalue weighted by atomic mass is 79.9.